The maximum Gasteiger partial charge on any atom is 0.251 e. The monoisotopic (exact) mass is 1490 g/mol. The van der Waals surface area contributed by atoms with Gasteiger partial charge in [0, 0.05) is 176 Å². The van der Waals surface area contributed by atoms with Crippen molar-refractivity contribution in [2.75, 3.05) is 59.9 Å². The number of aromatic hydroxyl groups is 3. The Kier molecular flexibility index (Phi) is 22.1. The van der Waals surface area contributed by atoms with Crippen LogP contribution in [0.15, 0.2) is 269 Å². The van der Waals surface area contributed by atoms with Gasteiger partial charge >= 0.3 is 0 Å². The van der Waals surface area contributed by atoms with Gasteiger partial charge < -0.3 is 79.1 Å². The highest BCUT2D eigenvalue weighted by atomic mass is 16.5. The van der Waals surface area contributed by atoms with Crippen LogP contribution in [0.5, 0.6) is 23.0 Å². The zero-order valence-corrected chi connectivity index (χ0v) is 61.0. The van der Waals surface area contributed by atoms with E-state index in [-0.39, 0.29) is 36.3 Å². The van der Waals surface area contributed by atoms with Crippen LogP contribution in [-0.4, -0.2) is 143 Å². The van der Waals surface area contributed by atoms with Crippen LogP contribution in [0.2, 0.25) is 0 Å². The summed E-state index contributed by atoms with van der Waals surface area (Å²) in [6.45, 7) is 3.86. The van der Waals surface area contributed by atoms with Gasteiger partial charge in [0.2, 0.25) is 0 Å². The molecule has 2 aliphatic carbocycles. The van der Waals surface area contributed by atoms with E-state index in [2.05, 4.69) is 71.8 Å². The van der Waals surface area contributed by atoms with Crippen molar-refractivity contribution in [1.82, 2.24) is 82.1 Å². The fourth-order valence-electron chi connectivity index (χ4n) is 12.1. The van der Waals surface area contributed by atoms with Crippen LogP contribution in [0.3, 0.4) is 0 Å². The van der Waals surface area contributed by atoms with Gasteiger partial charge in [0.1, 0.15) is 11.5 Å². The number of aromatic nitrogens is 16. The molecule has 112 heavy (non-hydrogen) atoms. The number of ether oxygens (including phenoxy) is 1. The maximum atomic E-state index is 12.0. The summed E-state index contributed by atoms with van der Waals surface area (Å²) in [6.07, 6.45) is 36.3. The molecule has 0 spiro atoms. The smallest absolute Gasteiger partial charge is 0.251 e. The second kappa shape index (κ2) is 34.0. The molecule has 1 amide bonds. The Labute approximate surface area is 642 Å². The Bertz CT molecular complexity index is 6050. The number of pyridine rings is 1. The molecule has 0 bridgehead atoms. The van der Waals surface area contributed by atoms with Gasteiger partial charge in [-0.3, -0.25) is 9.78 Å². The second-order valence-electron chi connectivity index (χ2n) is 26.2. The number of carbonyl (C=O) groups excluding carboxylic acids is 1. The van der Waals surface area contributed by atoms with Crippen LogP contribution >= 0.6 is 0 Å². The lowest BCUT2D eigenvalue weighted by atomic mass is 10.1. The number of hydrogen-bond acceptors (Lipinski definition) is 22. The predicted molar refractivity (Wildman–Crippen MR) is 432 cm³/mol. The van der Waals surface area contributed by atoms with E-state index in [0.717, 1.165) is 138 Å². The lowest BCUT2D eigenvalue weighted by Crippen LogP contribution is -2.26. The standard InChI is InChI=1S/C21H19N5O2.C17H13N5.C17H18N4O2.C15H14N4O.C14H14N4O/c27-13-11-23-21(28)16-8-6-15(7-9-16)18-14-26-12-10-22-20(26)19(25-18)24-17-4-2-1-3-5-17;1-2-6-14(7-3-1)20-16-17-19-9-10-22(17)12-15(21-16)13-5-4-8-18-11-13;1-23-15-8-12(4-5-14(15)22)13-10-21-7-6-18-17(21)16(20-13)19-9-11-2-3-11;20-12-3-1-2-10(8-12)13-9-19-7-6-16-15(19)14(18-13)17-11-4-5-11;1-2-15-13-14-16-6-7-18(14)9-12(17-13)10-4-3-5-11(19)8-10/h1-10,12,14,27H,11,13H2,(H,23,28)(H,24,25);1-12H,(H,20,21);4-8,10-11,22H,2-3,9H2,1H3,(H,19,20);1-3,6-9,11,20H,4-5H2,(H,17,18);3-9,19H,2H2,1H3,(H,15,17). The van der Waals surface area contributed by atoms with Crippen LogP contribution in [0.4, 0.5) is 40.5 Å². The third-order valence-electron chi connectivity index (χ3n) is 18.0. The molecule has 0 saturated heterocycles. The number of hydrogen-bond donors (Lipinski definition) is 10. The third kappa shape index (κ3) is 17.7. The van der Waals surface area contributed by atoms with Crippen molar-refractivity contribution in [3.8, 4) is 79.3 Å². The minimum Gasteiger partial charge on any atom is -0.508 e. The summed E-state index contributed by atoms with van der Waals surface area (Å²) in [5.41, 5.74) is 14.9. The molecule has 2 fully saturated rings. The summed E-state index contributed by atoms with van der Waals surface area (Å²) >= 11 is 0. The Hall–Kier alpha value is -14.8. The number of amides is 1. The number of carbonyl (C=O) groups is 1. The summed E-state index contributed by atoms with van der Waals surface area (Å²) in [5, 5.41) is 57.0. The first-order valence-electron chi connectivity index (χ1n) is 36.4. The predicted octanol–water partition coefficient (Wildman–Crippen LogP) is 14.5. The molecule has 2 aliphatic rings. The topological polar surface area (TPSA) is 343 Å². The van der Waals surface area contributed by atoms with Crippen molar-refractivity contribution >= 4 is 74.6 Å². The van der Waals surface area contributed by atoms with Crippen molar-refractivity contribution in [3.63, 3.8) is 0 Å². The molecule has 0 radical (unpaired) electrons. The molecule has 19 rings (SSSR count). The van der Waals surface area contributed by atoms with Crippen LogP contribution in [0.25, 0.3) is 84.5 Å². The average molecular weight is 1490 g/mol. The van der Waals surface area contributed by atoms with Gasteiger partial charge in [0.15, 0.2) is 68.8 Å². The van der Waals surface area contributed by atoms with Crippen LogP contribution in [0.1, 0.15) is 43.0 Å². The molecule has 6 aromatic carbocycles. The van der Waals surface area contributed by atoms with Gasteiger partial charge in [-0.15, -0.1) is 0 Å². The molecule has 560 valence electrons. The van der Waals surface area contributed by atoms with Gasteiger partial charge in [0.25, 0.3) is 5.91 Å². The molecule has 28 heteroatoms. The highest BCUT2D eigenvalue weighted by Gasteiger charge is 2.25. The molecular formula is C84H78N22O6. The molecular weight excluding hydrogens is 1410 g/mol. The Morgan fingerprint density at radius 2 is 0.893 bits per heavy atom. The van der Waals surface area contributed by atoms with E-state index in [1.165, 1.54) is 32.8 Å². The van der Waals surface area contributed by atoms with Gasteiger partial charge in [0.05, 0.1) is 42.2 Å². The van der Waals surface area contributed by atoms with Crippen molar-refractivity contribution < 1.29 is 30.0 Å². The maximum absolute atomic E-state index is 12.0. The number of phenolic OH excluding ortho intramolecular Hbond substituents is 3. The number of aliphatic hydroxyl groups excluding tert-OH is 1. The van der Waals surface area contributed by atoms with Crippen LogP contribution in [-0.2, 0) is 0 Å². The highest BCUT2D eigenvalue weighted by Crippen LogP contribution is 2.35. The molecule has 0 unspecified atom stereocenters. The lowest BCUT2D eigenvalue weighted by molar-refractivity contribution is 0.0944. The van der Waals surface area contributed by atoms with Crippen molar-refractivity contribution in [2.45, 2.75) is 38.6 Å². The van der Waals surface area contributed by atoms with Gasteiger partial charge in [-0.2, -0.15) is 0 Å². The van der Waals surface area contributed by atoms with E-state index in [4.69, 9.17) is 24.8 Å². The summed E-state index contributed by atoms with van der Waals surface area (Å²) < 4.78 is 14.9. The normalized spacial score (nSPS) is 12.1. The molecule has 11 aromatic heterocycles. The van der Waals surface area contributed by atoms with Gasteiger partial charge in [-0.05, 0) is 130 Å². The van der Waals surface area contributed by atoms with E-state index in [9.17, 15) is 20.1 Å². The number of nitrogens with one attached hydrogen (secondary N) is 6. The summed E-state index contributed by atoms with van der Waals surface area (Å²) in [6, 6.07) is 50.7. The number of fused-ring (bicyclic) bond motifs is 5. The van der Waals surface area contributed by atoms with Gasteiger partial charge in [-0.1, -0.05) is 72.8 Å². The Balaban J connectivity index is 0.000000111. The fourth-order valence-corrected chi connectivity index (χ4v) is 12.1. The first-order chi connectivity index (χ1) is 55.0. The van der Waals surface area contributed by atoms with Crippen molar-refractivity contribution in [3.05, 3.63) is 275 Å². The number of methoxy groups -OCH3 is 1. The van der Waals surface area contributed by atoms with Crippen molar-refractivity contribution in [1.29, 1.82) is 0 Å². The summed E-state index contributed by atoms with van der Waals surface area (Å²) in [5.74, 6) is 5.26. The molecule has 2 saturated carbocycles. The average Bonchev–Trinajstić information content (AvgIpc) is 1.56. The SMILES string of the molecule is CCNc1nc(-c2cccc(O)c2)cn2ccnc12.COc1cc(-c2cn3ccnc3c(NCC3CC3)n2)ccc1O.O=C(NCCO)c1ccc(-c2cn3ccnc3c(Nc3ccccc3)n2)cc1.Oc1cccc(-c2cn3ccnc3c(NC3CC3)n2)c1.c1ccc(Nc2nc(-c3cccnc3)cn3ccnc23)cc1. The number of phenols is 3. The lowest BCUT2D eigenvalue weighted by Gasteiger charge is -2.11. The zero-order valence-electron chi connectivity index (χ0n) is 61.0. The first-order valence-corrected chi connectivity index (χ1v) is 36.4. The molecule has 17 aromatic rings. The van der Waals surface area contributed by atoms with E-state index in [1.807, 2.05) is 200 Å². The molecule has 28 nitrogen and oxygen atoms in total. The number of anilines is 7. The van der Waals surface area contributed by atoms with Crippen molar-refractivity contribution in [2.24, 2.45) is 5.92 Å². The first kappa shape index (κ1) is 72.7. The van der Waals surface area contributed by atoms with Crippen LogP contribution < -0.4 is 36.6 Å². The van der Waals surface area contributed by atoms with E-state index < -0.39 is 0 Å². The van der Waals surface area contributed by atoms with E-state index in [0.29, 0.717) is 23.2 Å². The quantitative estimate of drug-likeness (QED) is 0.0339. The molecule has 0 aliphatic heterocycles. The number of nitrogens with zero attached hydrogens (tertiary/aromatic N) is 16. The minimum atomic E-state index is -0.218. The number of aliphatic hydroxyl groups is 1. The molecule has 11 heterocycles. The van der Waals surface area contributed by atoms with E-state index >= 15 is 0 Å². The number of benzene rings is 6. The summed E-state index contributed by atoms with van der Waals surface area (Å²) in [4.78, 5) is 61.3. The largest absolute Gasteiger partial charge is 0.508 e. The fraction of sp³-hybridized carbons (Fsp3) is 0.143. The van der Waals surface area contributed by atoms with Gasteiger partial charge in [-0.25, -0.2) is 49.8 Å². The van der Waals surface area contributed by atoms with Crippen LogP contribution in [0, 0.1) is 5.92 Å². The highest BCUT2D eigenvalue weighted by molar-refractivity contribution is 5.94. The summed E-state index contributed by atoms with van der Waals surface area (Å²) in [7, 11) is 1.54. The molecule has 0 atom stereocenters. The number of rotatable bonds is 20. The zero-order chi connectivity index (χ0) is 76.7. The second-order valence-corrected chi connectivity index (χ2v) is 26.2. The molecule has 10 N–H and O–H groups in total. The van der Waals surface area contributed by atoms with E-state index in [1.54, 1.807) is 98.0 Å². The third-order valence-corrected chi connectivity index (χ3v) is 18.0. The number of imidazole rings is 5. The Morgan fingerprint density at radius 3 is 1.35 bits per heavy atom. The minimum absolute atomic E-state index is 0.0874. The number of para-hydroxylation sites is 2. The Morgan fingerprint density at radius 1 is 0.455 bits per heavy atom.